The number of carboxylic acid groups (broad SMARTS) is 1. The van der Waals surface area contributed by atoms with Crippen LogP contribution in [0.3, 0.4) is 0 Å². The molecular weight excluding hydrogens is 845 g/mol. The van der Waals surface area contributed by atoms with Crippen molar-refractivity contribution < 1.29 is 39.1 Å². The molecule has 0 aliphatic heterocycles. The Labute approximate surface area is 374 Å². The van der Waals surface area contributed by atoms with Crippen LogP contribution >= 0.6 is 23.2 Å². The fourth-order valence-corrected chi connectivity index (χ4v) is 7.03. The maximum Gasteiger partial charge on any atom is 0.326 e. The van der Waals surface area contributed by atoms with Crippen molar-refractivity contribution in [3.63, 3.8) is 0 Å². The number of carbonyl (C=O) groups is 1. The van der Waals surface area contributed by atoms with E-state index >= 15 is 0 Å². The molecule has 0 aliphatic rings. The molecule has 0 saturated heterocycles. The molecule has 6 aromatic rings. The van der Waals surface area contributed by atoms with Crippen LogP contribution in [0, 0.1) is 36.5 Å². The van der Waals surface area contributed by atoms with E-state index in [0.717, 1.165) is 33.4 Å². The first-order chi connectivity index (χ1) is 30.4. The van der Waals surface area contributed by atoms with Crippen LogP contribution in [0.4, 0.5) is 0 Å². The summed E-state index contributed by atoms with van der Waals surface area (Å²) in [7, 11) is 0. The van der Waals surface area contributed by atoms with Gasteiger partial charge in [-0.3, -0.25) is 20.1 Å². The monoisotopic (exact) mass is 887 g/mol. The summed E-state index contributed by atoms with van der Waals surface area (Å²) in [5.74, 6) is 0.213. The Morgan fingerprint density at radius 1 is 0.667 bits per heavy atom. The van der Waals surface area contributed by atoms with Crippen molar-refractivity contribution in [3.8, 4) is 46.3 Å². The van der Waals surface area contributed by atoms with Gasteiger partial charge >= 0.3 is 5.97 Å². The molecule has 0 aliphatic carbocycles. The number of pyridine rings is 2. The molecular formula is C48H43Cl2N5O8. The first kappa shape index (κ1) is 45.8. The van der Waals surface area contributed by atoms with Crippen molar-refractivity contribution in [2.45, 2.75) is 65.9 Å². The lowest BCUT2D eigenvalue weighted by atomic mass is 9.92. The standard InChI is InChI=1S/C48H43Cl2N5O8/c1-29-35(26-62-45-14-43(60-24-33-10-31(16-51)18-53-20-33)37(12-41(45)49)22-55-48(3,28-57)47(58)59)6-4-8-39(29)40-9-5-7-36(30(40)2)27-63-46-15-44(38(23-56)13-42(46)50)61-25-34-11-32(17-52)19-54-21-34/h4-15,18-21,55-57H,22-28H2,1-3H3,(H,58,59)/t48-/m0/s1. The van der Waals surface area contributed by atoms with E-state index < -0.39 is 18.1 Å². The summed E-state index contributed by atoms with van der Waals surface area (Å²) in [6.45, 7) is 4.97. The lowest BCUT2D eigenvalue weighted by molar-refractivity contribution is -0.145. The Balaban J connectivity index is 1.19. The van der Waals surface area contributed by atoms with Gasteiger partial charge in [0.25, 0.3) is 0 Å². The summed E-state index contributed by atoms with van der Waals surface area (Å²) in [6.07, 6.45) is 6.10. The van der Waals surface area contributed by atoms with E-state index in [1.54, 1.807) is 48.8 Å². The van der Waals surface area contributed by atoms with E-state index in [4.69, 9.17) is 42.1 Å². The number of benzene rings is 4. The molecule has 13 nitrogen and oxygen atoms in total. The number of nitrogens with zero attached hydrogens (tertiary/aromatic N) is 4. The highest BCUT2D eigenvalue weighted by molar-refractivity contribution is 6.32. The van der Waals surface area contributed by atoms with Gasteiger partial charge in [-0.25, -0.2) is 0 Å². The molecule has 0 spiro atoms. The van der Waals surface area contributed by atoms with Gasteiger partial charge in [-0.05, 0) is 78.4 Å². The van der Waals surface area contributed by atoms with Gasteiger partial charge in [-0.1, -0.05) is 59.6 Å². The molecule has 0 bridgehead atoms. The van der Waals surface area contributed by atoms with Crippen molar-refractivity contribution in [1.82, 2.24) is 15.3 Å². The zero-order valence-electron chi connectivity index (χ0n) is 34.6. The second kappa shape index (κ2) is 20.9. The van der Waals surface area contributed by atoms with E-state index in [1.807, 2.05) is 50.2 Å². The largest absolute Gasteiger partial charge is 0.488 e. The number of hydrogen-bond acceptors (Lipinski definition) is 12. The van der Waals surface area contributed by atoms with Gasteiger partial charge in [0.05, 0.1) is 34.4 Å². The van der Waals surface area contributed by atoms with Gasteiger partial charge in [-0.2, -0.15) is 10.5 Å². The number of aliphatic hydroxyl groups excluding tert-OH is 2. The molecule has 322 valence electrons. The number of carboxylic acids is 1. The minimum atomic E-state index is -1.62. The fraction of sp³-hybridized carbons (Fsp3) is 0.229. The Morgan fingerprint density at radius 3 is 1.57 bits per heavy atom. The van der Waals surface area contributed by atoms with Crippen LogP contribution in [-0.2, 0) is 44.4 Å². The number of rotatable bonds is 19. The maximum absolute atomic E-state index is 11.9. The second-order valence-corrected chi connectivity index (χ2v) is 15.6. The topological polar surface area (TPSA) is 200 Å². The highest BCUT2D eigenvalue weighted by Gasteiger charge is 2.32. The Kier molecular flexibility index (Phi) is 15.2. The van der Waals surface area contributed by atoms with Crippen molar-refractivity contribution >= 4 is 29.2 Å². The van der Waals surface area contributed by atoms with Crippen LogP contribution in [0.2, 0.25) is 10.0 Å². The third-order valence-electron chi connectivity index (χ3n) is 10.4. The zero-order valence-corrected chi connectivity index (χ0v) is 36.1. The summed E-state index contributed by atoms with van der Waals surface area (Å²) in [5.41, 5.74) is 7.27. The van der Waals surface area contributed by atoms with Crippen LogP contribution in [0.15, 0.2) is 97.6 Å². The first-order valence-corrected chi connectivity index (χ1v) is 20.3. The van der Waals surface area contributed by atoms with E-state index in [9.17, 15) is 30.6 Å². The average molecular weight is 889 g/mol. The molecule has 0 unspecified atom stereocenters. The predicted octanol–water partition coefficient (Wildman–Crippen LogP) is 8.54. The molecule has 0 fully saturated rings. The number of hydrogen-bond donors (Lipinski definition) is 4. The van der Waals surface area contributed by atoms with Crippen molar-refractivity contribution in [1.29, 1.82) is 10.5 Å². The number of nitrogens with one attached hydrogen (secondary N) is 1. The number of ether oxygens (including phenoxy) is 4. The SMILES string of the molecule is Cc1c(COc2cc(OCc3cncc(C#N)c3)c(CO)cc2Cl)cccc1-c1cccc(COc2cc(OCc3cncc(C#N)c3)c(CN[C@@](C)(CO)C(=O)O)cc2Cl)c1C. The lowest BCUT2D eigenvalue weighted by Gasteiger charge is -2.25. The summed E-state index contributed by atoms with van der Waals surface area (Å²) in [6, 6.07) is 25.9. The summed E-state index contributed by atoms with van der Waals surface area (Å²) < 4.78 is 24.8. The van der Waals surface area contributed by atoms with Gasteiger partial charge < -0.3 is 34.3 Å². The number of aliphatic hydroxyl groups is 2. The highest BCUT2D eigenvalue weighted by atomic mass is 35.5. The third-order valence-corrected chi connectivity index (χ3v) is 11.0. The Hall–Kier alpha value is -6.71. The fourth-order valence-electron chi connectivity index (χ4n) is 6.54. The second-order valence-electron chi connectivity index (χ2n) is 14.8. The normalized spacial score (nSPS) is 11.8. The van der Waals surface area contributed by atoms with Crippen LogP contribution in [-0.4, -0.2) is 43.4 Å². The summed E-state index contributed by atoms with van der Waals surface area (Å²) >= 11 is 13.4. The molecule has 2 aromatic heterocycles. The quantitative estimate of drug-likeness (QED) is 0.0604. The van der Waals surface area contributed by atoms with E-state index in [2.05, 4.69) is 27.4 Å². The van der Waals surface area contributed by atoms with Crippen LogP contribution in [0.5, 0.6) is 23.0 Å². The number of aliphatic carboxylic acids is 1. The molecule has 6 rings (SSSR count). The highest BCUT2D eigenvalue weighted by Crippen LogP contribution is 2.37. The Morgan fingerprint density at radius 2 is 1.13 bits per heavy atom. The smallest absolute Gasteiger partial charge is 0.326 e. The molecule has 0 saturated carbocycles. The Bertz CT molecular complexity index is 2720. The van der Waals surface area contributed by atoms with Gasteiger partial charge in [0.1, 0.15) is 67.1 Å². The van der Waals surface area contributed by atoms with Crippen LogP contribution in [0.25, 0.3) is 11.1 Å². The molecule has 1 atom stereocenters. The molecule has 0 radical (unpaired) electrons. The van der Waals surface area contributed by atoms with Crippen LogP contribution in [0.1, 0.15) is 62.6 Å². The molecule has 2 heterocycles. The number of halogens is 2. The predicted molar refractivity (Wildman–Crippen MR) is 235 cm³/mol. The first-order valence-electron chi connectivity index (χ1n) is 19.6. The average Bonchev–Trinajstić information content (AvgIpc) is 3.29. The molecule has 4 N–H and O–H groups in total. The van der Waals surface area contributed by atoms with Crippen molar-refractivity contribution in [2.75, 3.05) is 6.61 Å². The number of nitriles is 2. The number of aromatic nitrogens is 2. The van der Waals surface area contributed by atoms with Crippen molar-refractivity contribution in [2.24, 2.45) is 0 Å². The van der Waals surface area contributed by atoms with Crippen molar-refractivity contribution in [3.05, 3.63) is 163 Å². The van der Waals surface area contributed by atoms with Gasteiger partial charge in [0.2, 0.25) is 0 Å². The molecule has 15 heteroatoms. The summed E-state index contributed by atoms with van der Waals surface area (Å²) in [4.78, 5) is 20.1. The van der Waals surface area contributed by atoms with Crippen LogP contribution < -0.4 is 24.3 Å². The molecule has 0 amide bonds. The van der Waals surface area contributed by atoms with E-state index in [1.165, 1.54) is 19.3 Å². The van der Waals surface area contributed by atoms with E-state index in [0.29, 0.717) is 61.4 Å². The molecule has 63 heavy (non-hydrogen) atoms. The maximum atomic E-state index is 11.9. The zero-order chi connectivity index (χ0) is 45.1. The minimum Gasteiger partial charge on any atom is -0.488 e. The van der Waals surface area contributed by atoms with E-state index in [-0.39, 0.29) is 44.6 Å². The molecule has 4 aromatic carbocycles. The van der Waals surface area contributed by atoms with Gasteiger partial charge in [0.15, 0.2) is 0 Å². The lowest BCUT2D eigenvalue weighted by Crippen LogP contribution is -2.52. The summed E-state index contributed by atoms with van der Waals surface area (Å²) in [5, 5.41) is 51.5. The third kappa shape index (κ3) is 11.2. The minimum absolute atomic E-state index is 0.00322. The van der Waals surface area contributed by atoms with Gasteiger partial charge in [0, 0.05) is 65.7 Å². The van der Waals surface area contributed by atoms with Gasteiger partial charge in [-0.15, -0.1) is 0 Å².